The number of ether oxygens (including phenoxy) is 1. The molecule has 0 bridgehead atoms. The predicted octanol–water partition coefficient (Wildman–Crippen LogP) is -0.972. The lowest BCUT2D eigenvalue weighted by Crippen LogP contribution is -2.42. The lowest BCUT2D eigenvalue weighted by molar-refractivity contribution is -0.125. The summed E-state index contributed by atoms with van der Waals surface area (Å²) >= 11 is 0. The van der Waals surface area contributed by atoms with Crippen molar-refractivity contribution >= 4 is 11.8 Å². The van der Waals surface area contributed by atoms with Crippen LogP contribution in [0.2, 0.25) is 0 Å². The van der Waals surface area contributed by atoms with E-state index in [9.17, 15) is 9.59 Å². The SMILES string of the molecule is COCCNC(=O)[C@H]1CCC(=O)N1. The van der Waals surface area contributed by atoms with Crippen molar-refractivity contribution in [2.75, 3.05) is 20.3 Å². The second kappa shape index (κ2) is 4.81. The molecule has 0 aromatic carbocycles. The van der Waals surface area contributed by atoms with E-state index in [1.807, 2.05) is 0 Å². The number of hydrogen-bond acceptors (Lipinski definition) is 3. The van der Waals surface area contributed by atoms with Crippen molar-refractivity contribution in [2.45, 2.75) is 18.9 Å². The van der Waals surface area contributed by atoms with Crippen molar-refractivity contribution in [1.29, 1.82) is 0 Å². The molecule has 5 nitrogen and oxygen atoms in total. The average molecular weight is 186 g/mol. The summed E-state index contributed by atoms with van der Waals surface area (Å²) in [6.07, 6.45) is 1.04. The molecular formula is C8H14N2O3. The van der Waals surface area contributed by atoms with Gasteiger partial charge in [-0.15, -0.1) is 0 Å². The van der Waals surface area contributed by atoms with E-state index in [1.165, 1.54) is 0 Å². The van der Waals surface area contributed by atoms with Crippen LogP contribution in [0.1, 0.15) is 12.8 Å². The molecule has 74 valence electrons. The van der Waals surface area contributed by atoms with Crippen LogP contribution in [-0.2, 0) is 14.3 Å². The van der Waals surface area contributed by atoms with Crippen LogP contribution in [-0.4, -0.2) is 38.1 Å². The molecule has 5 heteroatoms. The molecule has 1 rings (SSSR count). The van der Waals surface area contributed by atoms with Gasteiger partial charge < -0.3 is 15.4 Å². The number of carbonyl (C=O) groups excluding carboxylic acids is 2. The standard InChI is InChI=1S/C8H14N2O3/c1-13-5-4-9-8(12)6-2-3-7(11)10-6/h6H,2-5H2,1H3,(H,9,12)(H,10,11)/t6-/m1/s1. The molecule has 0 aliphatic carbocycles. The van der Waals surface area contributed by atoms with Gasteiger partial charge in [0.25, 0.3) is 0 Å². The zero-order valence-electron chi connectivity index (χ0n) is 7.63. The normalized spacial score (nSPS) is 21.3. The van der Waals surface area contributed by atoms with Gasteiger partial charge in [0, 0.05) is 20.1 Å². The lowest BCUT2D eigenvalue weighted by Gasteiger charge is -2.09. The summed E-state index contributed by atoms with van der Waals surface area (Å²) in [6, 6.07) is -0.343. The molecule has 0 spiro atoms. The first-order chi connectivity index (χ1) is 6.24. The zero-order chi connectivity index (χ0) is 9.68. The Kier molecular flexibility index (Phi) is 3.70. The van der Waals surface area contributed by atoms with E-state index in [-0.39, 0.29) is 17.9 Å². The molecule has 2 N–H and O–H groups in total. The van der Waals surface area contributed by atoms with Crippen molar-refractivity contribution < 1.29 is 14.3 Å². The maximum Gasteiger partial charge on any atom is 0.242 e. The Balaban J connectivity index is 2.20. The van der Waals surface area contributed by atoms with Crippen LogP contribution in [0.4, 0.5) is 0 Å². The average Bonchev–Trinajstić information content (AvgIpc) is 2.52. The summed E-state index contributed by atoms with van der Waals surface area (Å²) < 4.78 is 4.77. The summed E-state index contributed by atoms with van der Waals surface area (Å²) in [5.74, 6) is -0.171. The fraction of sp³-hybridized carbons (Fsp3) is 0.750. The third-order valence-electron chi connectivity index (χ3n) is 1.92. The minimum Gasteiger partial charge on any atom is -0.383 e. The summed E-state index contributed by atoms with van der Waals surface area (Å²) in [6.45, 7) is 0.980. The Morgan fingerprint density at radius 1 is 1.77 bits per heavy atom. The Bertz CT molecular complexity index is 206. The van der Waals surface area contributed by atoms with Crippen molar-refractivity contribution in [3.8, 4) is 0 Å². The largest absolute Gasteiger partial charge is 0.383 e. The highest BCUT2D eigenvalue weighted by Gasteiger charge is 2.26. The Labute approximate surface area is 76.8 Å². The van der Waals surface area contributed by atoms with Crippen LogP contribution in [0.25, 0.3) is 0 Å². The van der Waals surface area contributed by atoms with Crippen molar-refractivity contribution in [1.82, 2.24) is 10.6 Å². The number of amides is 2. The van der Waals surface area contributed by atoms with Gasteiger partial charge in [0.05, 0.1) is 6.61 Å². The molecule has 0 aromatic rings. The molecule has 1 heterocycles. The summed E-state index contributed by atoms with van der Waals surface area (Å²) in [5, 5.41) is 5.26. The van der Waals surface area contributed by atoms with Crippen LogP contribution < -0.4 is 10.6 Å². The maximum absolute atomic E-state index is 11.3. The molecule has 0 saturated carbocycles. The van der Waals surface area contributed by atoms with E-state index in [0.29, 0.717) is 26.0 Å². The fourth-order valence-corrected chi connectivity index (χ4v) is 1.21. The molecular weight excluding hydrogens is 172 g/mol. The van der Waals surface area contributed by atoms with Gasteiger partial charge in [-0.3, -0.25) is 9.59 Å². The fourth-order valence-electron chi connectivity index (χ4n) is 1.21. The van der Waals surface area contributed by atoms with E-state index < -0.39 is 0 Å². The summed E-state index contributed by atoms with van der Waals surface area (Å²) in [7, 11) is 1.57. The molecule has 0 radical (unpaired) electrons. The lowest BCUT2D eigenvalue weighted by atomic mass is 10.2. The van der Waals surface area contributed by atoms with Crippen LogP contribution in [0, 0.1) is 0 Å². The number of methoxy groups -OCH3 is 1. The molecule has 1 atom stereocenters. The summed E-state index contributed by atoms with van der Waals surface area (Å²) in [5.41, 5.74) is 0. The van der Waals surface area contributed by atoms with E-state index >= 15 is 0 Å². The Morgan fingerprint density at radius 3 is 3.08 bits per heavy atom. The van der Waals surface area contributed by atoms with Gasteiger partial charge in [0.2, 0.25) is 11.8 Å². The molecule has 13 heavy (non-hydrogen) atoms. The highest BCUT2D eigenvalue weighted by Crippen LogP contribution is 2.05. The number of carbonyl (C=O) groups is 2. The van der Waals surface area contributed by atoms with Crippen molar-refractivity contribution in [3.05, 3.63) is 0 Å². The first-order valence-corrected chi connectivity index (χ1v) is 4.30. The highest BCUT2D eigenvalue weighted by atomic mass is 16.5. The second-order valence-corrected chi connectivity index (χ2v) is 2.94. The van der Waals surface area contributed by atoms with Crippen molar-refractivity contribution in [2.24, 2.45) is 0 Å². The first-order valence-electron chi connectivity index (χ1n) is 4.30. The van der Waals surface area contributed by atoms with E-state index in [2.05, 4.69) is 10.6 Å². The third kappa shape index (κ3) is 3.02. The number of rotatable bonds is 4. The van der Waals surface area contributed by atoms with Gasteiger partial charge in [-0.1, -0.05) is 0 Å². The second-order valence-electron chi connectivity index (χ2n) is 2.94. The minimum absolute atomic E-state index is 0.0492. The monoisotopic (exact) mass is 186 g/mol. The molecule has 1 aliphatic rings. The van der Waals surface area contributed by atoms with Crippen LogP contribution in [0.5, 0.6) is 0 Å². The van der Waals surface area contributed by atoms with E-state index in [4.69, 9.17) is 4.74 Å². The smallest absolute Gasteiger partial charge is 0.242 e. The van der Waals surface area contributed by atoms with Gasteiger partial charge in [0.15, 0.2) is 0 Å². The topological polar surface area (TPSA) is 67.4 Å². The molecule has 1 aliphatic heterocycles. The molecule has 1 fully saturated rings. The van der Waals surface area contributed by atoms with Gasteiger partial charge >= 0.3 is 0 Å². The number of nitrogens with one attached hydrogen (secondary N) is 2. The van der Waals surface area contributed by atoms with Gasteiger partial charge in [0.1, 0.15) is 6.04 Å². The van der Waals surface area contributed by atoms with Gasteiger partial charge in [-0.25, -0.2) is 0 Å². The number of hydrogen-bond donors (Lipinski definition) is 2. The molecule has 0 aromatic heterocycles. The summed E-state index contributed by atoms with van der Waals surface area (Å²) in [4.78, 5) is 22.1. The maximum atomic E-state index is 11.3. The van der Waals surface area contributed by atoms with Crippen LogP contribution in [0.15, 0.2) is 0 Å². The quantitative estimate of drug-likeness (QED) is 0.555. The first kappa shape index (κ1) is 9.98. The van der Waals surface area contributed by atoms with E-state index in [1.54, 1.807) is 7.11 Å². The van der Waals surface area contributed by atoms with Crippen LogP contribution >= 0.6 is 0 Å². The van der Waals surface area contributed by atoms with E-state index in [0.717, 1.165) is 0 Å². The Morgan fingerprint density at radius 2 is 2.54 bits per heavy atom. The van der Waals surface area contributed by atoms with Gasteiger partial charge in [-0.2, -0.15) is 0 Å². The minimum atomic E-state index is -0.343. The zero-order valence-corrected chi connectivity index (χ0v) is 7.63. The van der Waals surface area contributed by atoms with Crippen molar-refractivity contribution in [3.63, 3.8) is 0 Å². The third-order valence-corrected chi connectivity index (χ3v) is 1.92. The van der Waals surface area contributed by atoms with Gasteiger partial charge in [-0.05, 0) is 6.42 Å². The molecule has 0 unspecified atom stereocenters. The molecule has 1 saturated heterocycles. The Hall–Kier alpha value is -1.10. The van der Waals surface area contributed by atoms with Crippen LogP contribution in [0.3, 0.4) is 0 Å². The molecule has 2 amide bonds. The highest BCUT2D eigenvalue weighted by molar-refractivity contribution is 5.90. The predicted molar refractivity (Wildman–Crippen MR) is 46.1 cm³/mol.